The van der Waals surface area contributed by atoms with Crippen molar-refractivity contribution in [1.29, 1.82) is 0 Å². The summed E-state index contributed by atoms with van der Waals surface area (Å²) in [5, 5.41) is 0. The van der Waals surface area contributed by atoms with Crippen molar-refractivity contribution < 1.29 is 4.74 Å². The average molecular weight is 256 g/mol. The Bertz CT molecular complexity index is 526. The lowest BCUT2D eigenvalue weighted by Crippen LogP contribution is -2.17. The molecule has 2 N–H and O–H groups in total. The van der Waals surface area contributed by atoms with Crippen LogP contribution in [0.4, 0.5) is 5.69 Å². The third-order valence-corrected chi connectivity index (χ3v) is 3.04. The van der Waals surface area contributed by atoms with Gasteiger partial charge in [-0.05, 0) is 30.3 Å². The van der Waals surface area contributed by atoms with Crippen molar-refractivity contribution in [2.24, 2.45) is 0 Å². The summed E-state index contributed by atoms with van der Waals surface area (Å²) in [6, 6.07) is 16.4. The smallest absolute Gasteiger partial charge is 0.141 e. The maximum atomic E-state index is 5.92. The first-order chi connectivity index (χ1) is 9.19. The largest absolute Gasteiger partial charge is 0.495 e. The summed E-state index contributed by atoms with van der Waals surface area (Å²) < 4.78 is 5.16. The first-order valence-corrected chi connectivity index (χ1v) is 6.34. The van der Waals surface area contributed by atoms with Gasteiger partial charge >= 0.3 is 0 Å². The molecular formula is C16H20N2O. The molecule has 2 aromatic carbocycles. The van der Waals surface area contributed by atoms with Crippen LogP contribution in [0.5, 0.6) is 5.75 Å². The summed E-state index contributed by atoms with van der Waals surface area (Å²) in [6.07, 6.45) is 0. The maximum Gasteiger partial charge on any atom is 0.141 e. The molecule has 0 saturated carbocycles. The summed E-state index contributed by atoms with van der Waals surface area (Å²) in [7, 11) is 3.74. The minimum atomic E-state index is 0.688. The van der Waals surface area contributed by atoms with Crippen LogP contribution in [0.1, 0.15) is 11.1 Å². The number of benzene rings is 2. The van der Waals surface area contributed by atoms with Crippen molar-refractivity contribution in [2.45, 2.75) is 13.1 Å². The number of hydrogen-bond acceptors (Lipinski definition) is 3. The number of hydrogen-bond donors (Lipinski definition) is 1. The van der Waals surface area contributed by atoms with Crippen LogP contribution in [0.3, 0.4) is 0 Å². The van der Waals surface area contributed by atoms with E-state index < -0.39 is 0 Å². The molecule has 3 heteroatoms. The van der Waals surface area contributed by atoms with Crippen LogP contribution in [-0.2, 0) is 13.1 Å². The molecule has 19 heavy (non-hydrogen) atoms. The molecular weight excluding hydrogens is 236 g/mol. The fourth-order valence-corrected chi connectivity index (χ4v) is 2.14. The molecule has 2 rings (SSSR count). The molecule has 0 unspecified atom stereocenters. The summed E-state index contributed by atoms with van der Waals surface area (Å²) in [5.74, 6) is 0.731. The topological polar surface area (TPSA) is 38.5 Å². The third-order valence-electron chi connectivity index (χ3n) is 3.04. The van der Waals surface area contributed by atoms with Gasteiger partial charge < -0.3 is 10.5 Å². The molecule has 0 heterocycles. The fourth-order valence-electron chi connectivity index (χ4n) is 2.14. The van der Waals surface area contributed by atoms with Gasteiger partial charge in [0, 0.05) is 13.1 Å². The van der Waals surface area contributed by atoms with Crippen LogP contribution < -0.4 is 10.5 Å². The molecule has 3 nitrogen and oxygen atoms in total. The Morgan fingerprint density at radius 3 is 2.32 bits per heavy atom. The van der Waals surface area contributed by atoms with Gasteiger partial charge in [0.25, 0.3) is 0 Å². The van der Waals surface area contributed by atoms with Gasteiger partial charge in [0.2, 0.25) is 0 Å². The lowest BCUT2D eigenvalue weighted by Gasteiger charge is -2.17. The van der Waals surface area contributed by atoms with Crippen LogP contribution in [0.15, 0.2) is 48.5 Å². The van der Waals surface area contributed by atoms with E-state index in [1.54, 1.807) is 7.11 Å². The second-order valence-corrected chi connectivity index (χ2v) is 4.73. The van der Waals surface area contributed by atoms with E-state index >= 15 is 0 Å². The lowest BCUT2D eigenvalue weighted by atomic mass is 10.1. The van der Waals surface area contributed by atoms with Crippen molar-refractivity contribution in [1.82, 2.24) is 4.90 Å². The average Bonchev–Trinajstić information content (AvgIpc) is 2.40. The highest BCUT2D eigenvalue weighted by Gasteiger charge is 2.04. The van der Waals surface area contributed by atoms with E-state index in [0.717, 1.165) is 18.8 Å². The van der Waals surface area contributed by atoms with E-state index in [0.29, 0.717) is 5.69 Å². The Hall–Kier alpha value is -2.00. The summed E-state index contributed by atoms with van der Waals surface area (Å²) in [4.78, 5) is 2.26. The van der Waals surface area contributed by atoms with E-state index in [1.165, 1.54) is 11.1 Å². The number of nitrogens with zero attached hydrogens (tertiary/aromatic N) is 1. The SMILES string of the molecule is COc1ccc(CN(C)Cc2ccccc2)cc1N. The molecule has 0 saturated heterocycles. The van der Waals surface area contributed by atoms with Crippen molar-refractivity contribution in [3.63, 3.8) is 0 Å². The Morgan fingerprint density at radius 2 is 1.68 bits per heavy atom. The Labute approximate surface area is 114 Å². The number of rotatable bonds is 5. The van der Waals surface area contributed by atoms with E-state index in [9.17, 15) is 0 Å². The zero-order valence-electron chi connectivity index (χ0n) is 11.5. The predicted octanol–water partition coefficient (Wildman–Crippen LogP) is 2.91. The molecule has 0 spiro atoms. The highest BCUT2D eigenvalue weighted by molar-refractivity contribution is 5.54. The van der Waals surface area contributed by atoms with Gasteiger partial charge in [-0.25, -0.2) is 0 Å². The third kappa shape index (κ3) is 3.73. The molecule has 0 radical (unpaired) electrons. The molecule has 0 aliphatic rings. The normalized spacial score (nSPS) is 10.7. The predicted molar refractivity (Wildman–Crippen MR) is 79.0 cm³/mol. The van der Waals surface area contributed by atoms with Crippen molar-refractivity contribution >= 4 is 5.69 Å². The second kappa shape index (κ2) is 6.25. The van der Waals surface area contributed by atoms with Crippen LogP contribution in [0.25, 0.3) is 0 Å². The Kier molecular flexibility index (Phi) is 4.42. The standard InChI is InChI=1S/C16H20N2O/c1-18(11-13-6-4-3-5-7-13)12-14-8-9-16(19-2)15(17)10-14/h3-10H,11-12,17H2,1-2H3. The van der Waals surface area contributed by atoms with Gasteiger partial charge in [-0.15, -0.1) is 0 Å². The lowest BCUT2D eigenvalue weighted by molar-refractivity contribution is 0.319. The van der Waals surface area contributed by atoms with Crippen LogP contribution in [0, 0.1) is 0 Å². The minimum Gasteiger partial charge on any atom is -0.495 e. The van der Waals surface area contributed by atoms with Crippen LogP contribution >= 0.6 is 0 Å². The van der Waals surface area contributed by atoms with Gasteiger partial charge in [0.1, 0.15) is 5.75 Å². The molecule has 2 aromatic rings. The molecule has 0 bridgehead atoms. The highest BCUT2D eigenvalue weighted by atomic mass is 16.5. The molecule has 100 valence electrons. The van der Waals surface area contributed by atoms with Crippen molar-refractivity contribution in [2.75, 3.05) is 19.9 Å². The van der Waals surface area contributed by atoms with Gasteiger partial charge in [-0.3, -0.25) is 4.90 Å². The first-order valence-electron chi connectivity index (χ1n) is 6.34. The first kappa shape index (κ1) is 13.4. The molecule has 0 atom stereocenters. The maximum absolute atomic E-state index is 5.92. The number of nitrogen functional groups attached to an aromatic ring is 1. The molecule has 0 amide bonds. The highest BCUT2D eigenvalue weighted by Crippen LogP contribution is 2.22. The molecule has 0 fully saturated rings. The monoisotopic (exact) mass is 256 g/mol. The Balaban J connectivity index is 1.99. The fraction of sp³-hybridized carbons (Fsp3) is 0.250. The van der Waals surface area contributed by atoms with E-state index in [4.69, 9.17) is 10.5 Å². The second-order valence-electron chi connectivity index (χ2n) is 4.73. The number of anilines is 1. The molecule has 0 aliphatic heterocycles. The minimum absolute atomic E-state index is 0.688. The van der Waals surface area contributed by atoms with Gasteiger partial charge in [0.05, 0.1) is 12.8 Å². The number of ether oxygens (including phenoxy) is 1. The zero-order chi connectivity index (χ0) is 13.7. The Morgan fingerprint density at radius 1 is 1.00 bits per heavy atom. The van der Waals surface area contributed by atoms with Crippen molar-refractivity contribution in [3.05, 3.63) is 59.7 Å². The molecule has 0 aromatic heterocycles. The van der Waals surface area contributed by atoms with Gasteiger partial charge in [-0.1, -0.05) is 36.4 Å². The molecule has 0 aliphatic carbocycles. The van der Waals surface area contributed by atoms with E-state index in [2.05, 4.69) is 42.3 Å². The van der Waals surface area contributed by atoms with E-state index in [1.807, 2.05) is 18.2 Å². The van der Waals surface area contributed by atoms with Crippen LogP contribution in [-0.4, -0.2) is 19.1 Å². The zero-order valence-corrected chi connectivity index (χ0v) is 11.5. The summed E-state index contributed by atoms with van der Waals surface area (Å²) in [6.45, 7) is 1.79. The van der Waals surface area contributed by atoms with Gasteiger partial charge in [0.15, 0.2) is 0 Å². The van der Waals surface area contributed by atoms with E-state index in [-0.39, 0.29) is 0 Å². The summed E-state index contributed by atoms with van der Waals surface area (Å²) >= 11 is 0. The summed E-state index contributed by atoms with van der Waals surface area (Å²) in [5.41, 5.74) is 9.11. The van der Waals surface area contributed by atoms with Crippen LogP contribution in [0.2, 0.25) is 0 Å². The van der Waals surface area contributed by atoms with Crippen molar-refractivity contribution in [3.8, 4) is 5.75 Å². The quantitative estimate of drug-likeness (QED) is 0.836. The number of nitrogens with two attached hydrogens (primary N) is 1. The van der Waals surface area contributed by atoms with Gasteiger partial charge in [-0.2, -0.15) is 0 Å². The number of methoxy groups -OCH3 is 1.